The third-order valence-electron chi connectivity index (χ3n) is 2.60. The Morgan fingerprint density at radius 2 is 2.00 bits per heavy atom. The number of methoxy groups -OCH3 is 1. The highest BCUT2D eigenvalue weighted by Gasteiger charge is 2.03. The normalized spacial score (nSPS) is 10.2. The summed E-state index contributed by atoms with van der Waals surface area (Å²) < 4.78 is 4.52. The topological polar surface area (TPSA) is 50.1 Å². The van der Waals surface area contributed by atoms with Crippen LogP contribution in [0.1, 0.15) is 22.3 Å². The fourth-order valence-electron chi connectivity index (χ4n) is 1.72. The van der Waals surface area contributed by atoms with E-state index in [1.54, 1.807) is 6.08 Å². The predicted octanol–water partition coefficient (Wildman–Crippen LogP) is 2.45. The smallest absolute Gasteiger partial charge is 0.330 e. The number of allylic oxidation sites excluding steroid dienone is 1. The fourth-order valence-corrected chi connectivity index (χ4v) is 1.72. The van der Waals surface area contributed by atoms with E-state index in [4.69, 9.17) is 5.26 Å². The van der Waals surface area contributed by atoms with Gasteiger partial charge in [-0.1, -0.05) is 6.08 Å². The minimum Gasteiger partial charge on any atom is -0.466 e. The monoisotopic (exact) mass is 229 g/mol. The van der Waals surface area contributed by atoms with Crippen LogP contribution in [0.3, 0.4) is 0 Å². The molecule has 3 heteroatoms. The molecule has 1 aromatic carbocycles. The zero-order valence-electron chi connectivity index (χ0n) is 10.3. The molecule has 0 aromatic heterocycles. The van der Waals surface area contributed by atoms with E-state index in [0.717, 1.165) is 16.7 Å². The second-order valence-electron chi connectivity index (χ2n) is 3.83. The first-order valence-electron chi connectivity index (χ1n) is 5.33. The molecule has 0 saturated heterocycles. The van der Waals surface area contributed by atoms with Crippen LogP contribution in [-0.4, -0.2) is 13.1 Å². The van der Waals surface area contributed by atoms with Crippen LogP contribution in [0.4, 0.5) is 0 Å². The second-order valence-corrected chi connectivity index (χ2v) is 3.83. The highest BCUT2D eigenvalue weighted by molar-refractivity contribution is 5.81. The number of ether oxygens (including phenoxy) is 1. The number of nitriles is 1. The zero-order chi connectivity index (χ0) is 12.8. The van der Waals surface area contributed by atoms with Gasteiger partial charge in [0.1, 0.15) is 0 Å². The lowest BCUT2D eigenvalue weighted by Gasteiger charge is -2.07. The SMILES string of the molecule is COC(=O)C=CCc1c(C)cc(C#N)cc1C. The van der Waals surface area contributed by atoms with Gasteiger partial charge in [0.2, 0.25) is 0 Å². The highest BCUT2D eigenvalue weighted by atomic mass is 16.5. The number of hydrogen-bond acceptors (Lipinski definition) is 3. The number of nitrogens with zero attached hydrogens (tertiary/aromatic N) is 1. The highest BCUT2D eigenvalue weighted by Crippen LogP contribution is 2.17. The summed E-state index contributed by atoms with van der Waals surface area (Å²) in [7, 11) is 1.35. The molecular weight excluding hydrogens is 214 g/mol. The second kappa shape index (κ2) is 5.86. The van der Waals surface area contributed by atoms with Crippen LogP contribution < -0.4 is 0 Å². The number of esters is 1. The molecule has 0 radical (unpaired) electrons. The third-order valence-corrected chi connectivity index (χ3v) is 2.60. The van der Waals surface area contributed by atoms with E-state index in [0.29, 0.717) is 12.0 Å². The summed E-state index contributed by atoms with van der Waals surface area (Å²) in [6.45, 7) is 3.93. The van der Waals surface area contributed by atoms with Crippen molar-refractivity contribution >= 4 is 5.97 Å². The minimum atomic E-state index is -0.353. The summed E-state index contributed by atoms with van der Waals surface area (Å²) in [5.74, 6) is -0.353. The van der Waals surface area contributed by atoms with Gasteiger partial charge >= 0.3 is 5.97 Å². The molecule has 0 aliphatic carbocycles. The Morgan fingerprint density at radius 1 is 1.41 bits per heavy atom. The summed E-state index contributed by atoms with van der Waals surface area (Å²) >= 11 is 0. The van der Waals surface area contributed by atoms with Gasteiger partial charge in [-0.05, 0) is 49.1 Å². The van der Waals surface area contributed by atoms with Crippen LogP contribution in [0, 0.1) is 25.2 Å². The lowest BCUT2D eigenvalue weighted by molar-refractivity contribution is -0.134. The summed E-state index contributed by atoms with van der Waals surface area (Å²) in [6.07, 6.45) is 3.85. The molecule has 0 spiro atoms. The maximum absolute atomic E-state index is 10.9. The lowest BCUT2D eigenvalue weighted by atomic mass is 9.97. The van der Waals surface area contributed by atoms with Crippen LogP contribution >= 0.6 is 0 Å². The van der Waals surface area contributed by atoms with Crippen molar-refractivity contribution < 1.29 is 9.53 Å². The van der Waals surface area contributed by atoms with Crippen molar-refractivity contribution in [3.63, 3.8) is 0 Å². The van der Waals surface area contributed by atoms with Crippen LogP contribution in [-0.2, 0) is 16.0 Å². The standard InChI is InChI=1S/C14H15NO2/c1-10-7-12(9-15)8-11(2)13(10)5-4-6-14(16)17-3/h4,6-8H,5H2,1-3H3. The molecule has 0 amide bonds. The van der Waals surface area contributed by atoms with Gasteiger partial charge in [0, 0.05) is 6.08 Å². The first-order valence-corrected chi connectivity index (χ1v) is 5.33. The van der Waals surface area contributed by atoms with E-state index >= 15 is 0 Å². The Bertz CT molecular complexity index is 472. The average molecular weight is 229 g/mol. The van der Waals surface area contributed by atoms with Gasteiger partial charge in [-0.3, -0.25) is 0 Å². The molecule has 3 nitrogen and oxygen atoms in total. The van der Waals surface area contributed by atoms with Crippen molar-refractivity contribution in [3.8, 4) is 6.07 Å². The number of rotatable bonds is 3. The van der Waals surface area contributed by atoms with Crippen LogP contribution in [0.2, 0.25) is 0 Å². The molecule has 0 saturated carbocycles. The van der Waals surface area contributed by atoms with Crippen molar-refractivity contribution in [3.05, 3.63) is 46.5 Å². The van der Waals surface area contributed by atoms with Gasteiger partial charge in [0.15, 0.2) is 0 Å². The molecule has 17 heavy (non-hydrogen) atoms. The Balaban J connectivity index is 2.90. The number of aryl methyl sites for hydroxylation is 2. The Morgan fingerprint density at radius 3 is 2.47 bits per heavy atom. The van der Waals surface area contributed by atoms with Gasteiger partial charge in [-0.25, -0.2) is 4.79 Å². The largest absolute Gasteiger partial charge is 0.466 e. The van der Waals surface area contributed by atoms with E-state index in [2.05, 4.69) is 10.8 Å². The van der Waals surface area contributed by atoms with Gasteiger partial charge < -0.3 is 4.74 Å². The van der Waals surface area contributed by atoms with E-state index < -0.39 is 0 Å². The van der Waals surface area contributed by atoms with E-state index in [9.17, 15) is 4.79 Å². The maximum atomic E-state index is 10.9. The summed E-state index contributed by atoms with van der Waals surface area (Å²) in [6, 6.07) is 5.84. The van der Waals surface area contributed by atoms with Crippen molar-refractivity contribution in [2.24, 2.45) is 0 Å². The molecule has 0 aliphatic rings. The van der Waals surface area contributed by atoms with Gasteiger partial charge in [0.05, 0.1) is 18.7 Å². The molecule has 0 bridgehead atoms. The predicted molar refractivity (Wildman–Crippen MR) is 65.5 cm³/mol. The molecule has 88 valence electrons. The Kier molecular flexibility index (Phi) is 4.47. The molecule has 1 rings (SSSR count). The van der Waals surface area contributed by atoms with Crippen LogP contribution in [0.25, 0.3) is 0 Å². The average Bonchev–Trinajstić information content (AvgIpc) is 2.31. The van der Waals surface area contributed by atoms with Crippen molar-refractivity contribution in [2.45, 2.75) is 20.3 Å². The van der Waals surface area contributed by atoms with Crippen molar-refractivity contribution in [2.75, 3.05) is 7.11 Å². The van der Waals surface area contributed by atoms with Gasteiger partial charge in [-0.2, -0.15) is 5.26 Å². The number of hydrogen-bond donors (Lipinski definition) is 0. The zero-order valence-corrected chi connectivity index (χ0v) is 10.3. The van der Waals surface area contributed by atoms with Crippen LogP contribution in [0.15, 0.2) is 24.3 Å². The quantitative estimate of drug-likeness (QED) is 0.591. The number of carbonyl (C=O) groups is 1. The summed E-state index contributed by atoms with van der Waals surface area (Å²) in [4.78, 5) is 10.9. The van der Waals surface area contributed by atoms with E-state index in [1.165, 1.54) is 13.2 Å². The maximum Gasteiger partial charge on any atom is 0.330 e. The van der Waals surface area contributed by atoms with E-state index in [1.807, 2.05) is 26.0 Å². The Hall–Kier alpha value is -2.08. The molecule has 0 aliphatic heterocycles. The molecule has 1 aromatic rings. The first kappa shape index (κ1) is 13.0. The van der Waals surface area contributed by atoms with Crippen molar-refractivity contribution in [1.29, 1.82) is 5.26 Å². The molecule has 0 N–H and O–H groups in total. The lowest BCUT2D eigenvalue weighted by Crippen LogP contribution is -1.96. The third kappa shape index (κ3) is 3.46. The fraction of sp³-hybridized carbons (Fsp3) is 0.286. The Labute approximate surface area is 101 Å². The minimum absolute atomic E-state index is 0.353. The molecule has 0 unspecified atom stereocenters. The molecule has 0 heterocycles. The van der Waals surface area contributed by atoms with Crippen molar-refractivity contribution in [1.82, 2.24) is 0 Å². The van der Waals surface area contributed by atoms with Crippen LogP contribution in [0.5, 0.6) is 0 Å². The summed E-state index contributed by atoms with van der Waals surface area (Å²) in [5, 5.41) is 8.83. The molecule has 0 fully saturated rings. The number of carbonyl (C=O) groups excluding carboxylic acids is 1. The first-order chi connectivity index (χ1) is 8.08. The number of benzene rings is 1. The van der Waals surface area contributed by atoms with Gasteiger partial charge in [-0.15, -0.1) is 0 Å². The molecule has 0 atom stereocenters. The summed E-state index contributed by atoms with van der Waals surface area (Å²) in [5.41, 5.74) is 3.94. The molecular formula is C14H15NO2. The van der Waals surface area contributed by atoms with Gasteiger partial charge in [0.25, 0.3) is 0 Å². The van der Waals surface area contributed by atoms with E-state index in [-0.39, 0.29) is 5.97 Å².